The van der Waals surface area contributed by atoms with Crippen molar-refractivity contribution in [2.75, 3.05) is 6.61 Å². The molecule has 0 amide bonds. The van der Waals surface area contributed by atoms with Gasteiger partial charge in [-0.05, 0) is 31.5 Å². The average molecular weight is 299 g/mol. The largest absolute Gasteiger partial charge is 0.465 e. The molecule has 6 heteroatoms. The molecule has 1 aromatic heterocycles. The minimum absolute atomic E-state index is 0.197. The molecule has 0 radical (unpaired) electrons. The van der Waals surface area contributed by atoms with Crippen LogP contribution >= 0.6 is 12.2 Å². The van der Waals surface area contributed by atoms with Gasteiger partial charge in [0, 0.05) is 23.7 Å². The summed E-state index contributed by atoms with van der Waals surface area (Å²) in [5, 5.41) is 9.38. The van der Waals surface area contributed by atoms with Gasteiger partial charge in [0.05, 0.1) is 12.2 Å². The number of aliphatic imine (C=N–C) groups is 1. The Balaban J connectivity index is 2.63. The maximum absolute atomic E-state index is 12.3. The summed E-state index contributed by atoms with van der Waals surface area (Å²) in [7, 11) is 0. The second-order valence-corrected chi connectivity index (χ2v) is 4.77. The van der Waals surface area contributed by atoms with Crippen LogP contribution < -0.4 is 0 Å². The molecule has 0 aliphatic carbocycles. The number of hydrogen-bond acceptors (Lipinski definition) is 5. The first kappa shape index (κ1) is 15.0. The lowest BCUT2D eigenvalue weighted by Gasteiger charge is -2.24. The lowest BCUT2D eigenvalue weighted by Crippen LogP contribution is -2.30. The van der Waals surface area contributed by atoms with Crippen molar-refractivity contribution in [1.82, 2.24) is 4.98 Å². The second-order valence-electron chi connectivity index (χ2n) is 4.38. The van der Waals surface area contributed by atoms with Crippen molar-refractivity contribution in [1.29, 1.82) is 5.26 Å². The van der Waals surface area contributed by atoms with Gasteiger partial charge in [-0.15, -0.1) is 0 Å². The van der Waals surface area contributed by atoms with Crippen LogP contribution in [-0.4, -0.2) is 28.3 Å². The van der Waals surface area contributed by atoms with Crippen LogP contribution in [0.4, 0.5) is 0 Å². The maximum Gasteiger partial charge on any atom is 0.319 e. The number of rotatable bonds is 3. The molecule has 1 aliphatic heterocycles. The lowest BCUT2D eigenvalue weighted by molar-refractivity contribution is -0.143. The van der Waals surface area contributed by atoms with E-state index in [1.54, 1.807) is 38.4 Å². The zero-order valence-electron chi connectivity index (χ0n) is 11.7. The lowest BCUT2D eigenvalue weighted by atomic mass is 9.84. The fraction of sp³-hybridized carbons (Fsp3) is 0.267. The van der Waals surface area contributed by atoms with Crippen molar-refractivity contribution in [2.45, 2.75) is 13.8 Å². The standard InChI is InChI=1S/C15H13N3O2S/c1-3-20-15(19)12-9(2)18-14(21)11(8-16)13(12)10-4-6-17-7-5-10/h4-7,12H,3H2,1-2H3. The van der Waals surface area contributed by atoms with Crippen LogP contribution in [0.2, 0.25) is 0 Å². The minimum Gasteiger partial charge on any atom is -0.465 e. The number of nitrogens with zero attached hydrogens (tertiary/aromatic N) is 3. The van der Waals surface area contributed by atoms with Crippen LogP contribution in [0.25, 0.3) is 5.57 Å². The predicted octanol–water partition coefficient (Wildman–Crippen LogP) is 2.34. The third kappa shape index (κ3) is 2.88. The number of hydrogen-bond donors (Lipinski definition) is 0. The summed E-state index contributed by atoms with van der Waals surface area (Å²) in [6.07, 6.45) is 3.20. The molecule has 5 nitrogen and oxygen atoms in total. The van der Waals surface area contributed by atoms with E-state index in [9.17, 15) is 10.1 Å². The summed E-state index contributed by atoms with van der Waals surface area (Å²) in [4.78, 5) is 20.5. The molecule has 1 atom stereocenters. The van der Waals surface area contributed by atoms with Gasteiger partial charge in [0.2, 0.25) is 0 Å². The zero-order valence-corrected chi connectivity index (χ0v) is 12.5. The van der Waals surface area contributed by atoms with Gasteiger partial charge < -0.3 is 4.74 Å². The second kappa shape index (κ2) is 6.37. The molecule has 0 saturated heterocycles. The number of esters is 1. The maximum atomic E-state index is 12.3. The van der Waals surface area contributed by atoms with Crippen molar-refractivity contribution in [3.63, 3.8) is 0 Å². The Bertz CT molecular complexity index is 687. The molecule has 21 heavy (non-hydrogen) atoms. The molecule has 106 valence electrons. The highest BCUT2D eigenvalue weighted by molar-refractivity contribution is 7.80. The molecule has 1 unspecified atom stereocenters. The molecule has 1 aliphatic rings. The van der Waals surface area contributed by atoms with Gasteiger partial charge in [-0.25, -0.2) is 4.99 Å². The molecular formula is C15H13N3O2S. The first-order chi connectivity index (χ1) is 10.1. The van der Waals surface area contributed by atoms with Crippen LogP contribution in [0.5, 0.6) is 0 Å². The molecule has 0 aromatic carbocycles. The first-order valence-electron chi connectivity index (χ1n) is 6.41. The van der Waals surface area contributed by atoms with E-state index in [2.05, 4.69) is 16.0 Å². The molecule has 0 fully saturated rings. The highest BCUT2D eigenvalue weighted by Gasteiger charge is 2.35. The van der Waals surface area contributed by atoms with Crippen molar-refractivity contribution in [3.8, 4) is 6.07 Å². The van der Waals surface area contributed by atoms with E-state index in [1.807, 2.05) is 0 Å². The summed E-state index contributed by atoms with van der Waals surface area (Å²) >= 11 is 5.15. The van der Waals surface area contributed by atoms with Crippen LogP contribution in [0.1, 0.15) is 19.4 Å². The van der Waals surface area contributed by atoms with E-state index < -0.39 is 11.9 Å². The SMILES string of the molecule is CCOC(=O)C1C(C)=NC(=S)C(C#N)=C1c1ccncc1. The monoisotopic (exact) mass is 299 g/mol. The fourth-order valence-electron chi connectivity index (χ4n) is 2.21. The molecule has 0 saturated carbocycles. The summed E-state index contributed by atoms with van der Waals surface area (Å²) in [5.41, 5.74) is 2.02. The van der Waals surface area contributed by atoms with Gasteiger partial charge in [0.1, 0.15) is 17.0 Å². The van der Waals surface area contributed by atoms with E-state index in [-0.39, 0.29) is 17.2 Å². The first-order valence-corrected chi connectivity index (χ1v) is 6.81. The Morgan fingerprint density at radius 3 is 2.71 bits per heavy atom. The highest BCUT2D eigenvalue weighted by atomic mass is 32.1. The number of carbonyl (C=O) groups excluding carboxylic acids is 1. The number of dihydropyridines is 1. The van der Waals surface area contributed by atoms with E-state index in [0.717, 1.165) is 5.56 Å². The average Bonchev–Trinajstić information content (AvgIpc) is 2.47. The van der Waals surface area contributed by atoms with Gasteiger partial charge in [-0.2, -0.15) is 5.26 Å². The Morgan fingerprint density at radius 2 is 2.14 bits per heavy atom. The molecule has 0 bridgehead atoms. The Kier molecular flexibility index (Phi) is 4.55. The normalized spacial score (nSPS) is 18.0. The van der Waals surface area contributed by atoms with Crippen LogP contribution in [0.15, 0.2) is 35.1 Å². The quantitative estimate of drug-likeness (QED) is 0.632. The van der Waals surface area contributed by atoms with Crippen LogP contribution in [0, 0.1) is 17.2 Å². The molecule has 1 aromatic rings. The number of pyridine rings is 1. The van der Waals surface area contributed by atoms with E-state index >= 15 is 0 Å². The molecule has 2 rings (SSSR count). The van der Waals surface area contributed by atoms with Crippen LogP contribution in [-0.2, 0) is 9.53 Å². The smallest absolute Gasteiger partial charge is 0.319 e. The minimum atomic E-state index is -0.714. The topological polar surface area (TPSA) is 75.3 Å². The van der Waals surface area contributed by atoms with Gasteiger partial charge in [-0.1, -0.05) is 12.2 Å². The third-order valence-corrected chi connectivity index (χ3v) is 3.39. The van der Waals surface area contributed by atoms with Crippen molar-refractivity contribution in [2.24, 2.45) is 10.9 Å². The van der Waals surface area contributed by atoms with Crippen molar-refractivity contribution in [3.05, 3.63) is 35.7 Å². The predicted molar refractivity (Wildman–Crippen MR) is 82.6 cm³/mol. The van der Waals surface area contributed by atoms with Gasteiger partial charge in [0.15, 0.2) is 0 Å². The van der Waals surface area contributed by atoms with Crippen molar-refractivity contribution < 1.29 is 9.53 Å². The summed E-state index contributed by atoms with van der Waals surface area (Å²) in [5.74, 6) is -1.14. The number of ether oxygens (including phenoxy) is 1. The Hall–Kier alpha value is -2.39. The Labute approximate surface area is 128 Å². The number of aromatic nitrogens is 1. The van der Waals surface area contributed by atoms with Crippen LogP contribution in [0.3, 0.4) is 0 Å². The van der Waals surface area contributed by atoms with Gasteiger partial charge in [-0.3, -0.25) is 9.78 Å². The summed E-state index contributed by atoms with van der Waals surface area (Å²) in [6.45, 7) is 3.71. The Morgan fingerprint density at radius 1 is 1.48 bits per heavy atom. The third-order valence-electron chi connectivity index (χ3n) is 3.09. The van der Waals surface area contributed by atoms with E-state index in [0.29, 0.717) is 11.3 Å². The highest BCUT2D eigenvalue weighted by Crippen LogP contribution is 2.33. The van der Waals surface area contributed by atoms with E-state index in [1.165, 1.54) is 0 Å². The van der Waals surface area contributed by atoms with Gasteiger partial charge >= 0.3 is 5.97 Å². The fourth-order valence-corrected chi connectivity index (χ4v) is 2.51. The summed E-state index contributed by atoms with van der Waals surface area (Å²) in [6, 6.07) is 5.53. The van der Waals surface area contributed by atoms with E-state index in [4.69, 9.17) is 17.0 Å². The number of carbonyl (C=O) groups is 1. The summed E-state index contributed by atoms with van der Waals surface area (Å²) < 4.78 is 5.11. The molecular weight excluding hydrogens is 286 g/mol. The van der Waals surface area contributed by atoms with Gasteiger partial charge in [0.25, 0.3) is 0 Å². The van der Waals surface area contributed by atoms with Crippen molar-refractivity contribution >= 4 is 34.5 Å². The molecule has 0 spiro atoms. The zero-order chi connectivity index (χ0) is 15.4. The number of thiocarbonyl (C=S) groups is 1. The molecule has 0 N–H and O–H groups in total. The number of nitriles is 1. The molecule has 2 heterocycles.